The Morgan fingerprint density at radius 2 is 2.26 bits per heavy atom. The molecule has 2 unspecified atom stereocenters. The molecule has 106 valence electrons. The standard InChI is InChI=1S/C15H22FNO2/c1-10-7-15(13(11(2)17)8-14(10)16)19-9-12-5-3-4-6-18-12/h7-8,11-12H,3-6,9,17H2,1-2H3. The summed E-state index contributed by atoms with van der Waals surface area (Å²) in [5.74, 6) is 0.427. The highest BCUT2D eigenvalue weighted by molar-refractivity contribution is 5.39. The normalized spacial score (nSPS) is 21.2. The van der Waals surface area contributed by atoms with E-state index in [0.717, 1.165) is 19.4 Å². The largest absolute Gasteiger partial charge is 0.491 e. The highest BCUT2D eigenvalue weighted by atomic mass is 19.1. The van der Waals surface area contributed by atoms with Crippen LogP contribution in [0.25, 0.3) is 0 Å². The van der Waals surface area contributed by atoms with Crippen molar-refractivity contribution < 1.29 is 13.9 Å². The number of benzene rings is 1. The van der Waals surface area contributed by atoms with Gasteiger partial charge >= 0.3 is 0 Å². The van der Waals surface area contributed by atoms with Crippen LogP contribution in [0.1, 0.15) is 43.4 Å². The molecule has 0 spiro atoms. The summed E-state index contributed by atoms with van der Waals surface area (Å²) in [6, 6.07) is 2.94. The first-order valence-corrected chi connectivity index (χ1v) is 6.88. The van der Waals surface area contributed by atoms with Gasteiger partial charge in [0.25, 0.3) is 0 Å². The smallest absolute Gasteiger partial charge is 0.126 e. The molecule has 2 N–H and O–H groups in total. The molecule has 1 saturated heterocycles. The molecule has 19 heavy (non-hydrogen) atoms. The Bertz CT molecular complexity index is 428. The molecule has 1 aromatic carbocycles. The van der Waals surface area contributed by atoms with Gasteiger partial charge in [0.15, 0.2) is 0 Å². The first kappa shape index (κ1) is 14.3. The number of aryl methyl sites for hydroxylation is 1. The molecule has 1 heterocycles. The van der Waals surface area contributed by atoms with E-state index in [4.69, 9.17) is 15.2 Å². The fraction of sp³-hybridized carbons (Fsp3) is 0.600. The van der Waals surface area contributed by atoms with Crippen LogP contribution in [0.2, 0.25) is 0 Å². The summed E-state index contributed by atoms with van der Waals surface area (Å²) in [7, 11) is 0. The minimum Gasteiger partial charge on any atom is -0.491 e. The lowest BCUT2D eigenvalue weighted by Crippen LogP contribution is -2.26. The zero-order valence-electron chi connectivity index (χ0n) is 11.6. The number of ether oxygens (including phenoxy) is 2. The maximum atomic E-state index is 13.6. The second kappa shape index (κ2) is 6.35. The Kier molecular flexibility index (Phi) is 4.77. The second-order valence-corrected chi connectivity index (χ2v) is 5.23. The minimum atomic E-state index is -0.252. The van der Waals surface area contributed by atoms with E-state index in [0.29, 0.717) is 23.5 Å². The average molecular weight is 267 g/mol. The van der Waals surface area contributed by atoms with Crippen LogP contribution in [-0.2, 0) is 4.74 Å². The molecule has 2 atom stereocenters. The topological polar surface area (TPSA) is 44.5 Å². The zero-order valence-corrected chi connectivity index (χ0v) is 11.6. The van der Waals surface area contributed by atoms with E-state index in [1.165, 1.54) is 12.5 Å². The van der Waals surface area contributed by atoms with Crippen molar-refractivity contribution in [2.75, 3.05) is 13.2 Å². The van der Waals surface area contributed by atoms with Crippen molar-refractivity contribution >= 4 is 0 Å². The molecule has 1 aliphatic heterocycles. The van der Waals surface area contributed by atoms with Crippen molar-refractivity contribution in [2.24, 2.45) is 5.73 Å². The Morgan fingerprint density at radius 1 is 1.47 bits per heavy atom. The minimum absolute atomic E-state index is 0.139. The molecule has 1 fully saturated rings. The summed E-state index contributed by atoms with van der Waals surface area (Å²) >= 11 is 0. The Morgan fingerprint density at radius 3 is 2.89 bits per heavy atom. The molecule has 4 heteroatoms. The van der Waals surface area contributed by atoms with Gasteiger partial charge in [-0.2, -0.15) is 0 Å². The average Bonchev–Trinajstić information content (AvgIpc) is 2.40. The van der Waals surface area contributed by atoms with Crippen LogP contribution in [0.3, 0.4) is 0 Å². The molecule has 3 nitrogen and oxygen atoms in total. The van der Waals surface area contributed by atoms with E-state index < -0.39 is 0 Å². The van der Waals surface area contributed by atoms with Crippen molar-refractivity contribution in [2.45, 2.75) is 45.3 Å². The SMILES string of the molecule is Cc1cc(OCC2CCCCO2)c(C(C)N)cc1F. The zero-order chi connectivity index (χ0) is 13.8. The van der Waals surface area contributed by atoms with E-state index >= 15 is 0 Å². The van der Waals surface area contributed by atoms with Gasteiger partial charge in [0.1, 0.15) is 18.2 Å². The van der Waals surface area contributed by atoms with E-state index in [-0.39, 0.29) is 18.0 Å². The quantitative estimate of drug-likeness (QED) is 0.911. The van der Waals surface area contributed by atoms with Crippen LogP contribution in [0.15, 0.2) is 12.1 Å². The lowest BCUT2D eigenvalue weighted by molar-refractivity contribution is -0.0113. The van der Waals surface area contributed by atoms with Crippen LogP contribution in [0.5, 0.6) is 5.75 Å². The number of halogens is 1. The molecule has 1 aliphatic rings. The van der Waals surface area contributed by atoms with Gasteiger partial charge in [-0.25, -0.2) is 4.39 Å². The number of hydrogen-bond donors (Lipinski definition) is 1. The van der Waals surface area contributed by atoms with Crippen LogP contribution < -0.4 is 10.5 Å². The summed E-state index contributed by atoms with van der Waals surface area (Å²) in [6.07, 6.45) is 3.46. The molecule has 0 amide bonds. The third-order valence-electron chi connectivity index (χ3n) is 3.48. The summed E-state index contributed by atoms with van der Waals surface area (Å²) in [6.45, 7) is 4.86. The molecule has 0 bridgehead atoms. The fourth-order valence-electron chi connectivity index (χ4n) is 2.27. The van der Waals surface area contributed by atoms with Gasteiger partial charge in [-0.3, -0.25) is 0 Å². The van der Waals surface area contributed by atoms with Gasteiger partial charge < -0.3 is 15.2 Å². The van der Waals surface area contributed by atoms with Crippen molar-refractivity contribution in [1.82, 2.24) is 0 Å². The third kappa shape index (κ3) is 3.67. The van der Waals surface area contributed by atoms with Gasteiger partial charge in [0.2, 0.25) is 0 Å². The molecular formula is C15H22FNO2. The summed E-state index contributed by atoms with van der Waals surface area (Å²) in [4.78, 5) is 0. The Labute approximate surface area is 113 Å². The molecular weight excluding hydrogens is 245 g/mol. The van der Waals surface area contributed by atoms with Crippen molar-refractivity contribution in [3.8, 4) is 5.75 Å². The van der Waals surface area contributed by atoms with E-state index in [1.54, 1.807) is 13.0 Å². The van der Waals surface area contributed by atoms with Gasteiger partial charge in [-0.15, -0.1) is 0 Å². The first-order chi connectivity index (χ1) is 9.08. The highest BCUT2D eigenvalue weighted by Gasteiger charge is 2.17. The van der Waals surface area contributed by atoms with Crippen molar-refractivity contribution in [3.63, 3.8) is 0 Å². The maximum Gasteiger partial charge on any atom is 0.126 e. The summed E-state index contributed by atoms with van der Waals surface area (Å²) in [5.41, 5.74) is 7.14. The summed E-state index contributed by atoms with van der Waals surface area (Å²) in [5, 5.41) is 0. The van der Waals surface area contributed by atoms with Crippen LogP contribution in [0.4, 0.5) is 4.39 Å². The number of rotatable bonds is 4. The Hall–Kier alpha value is -1.13. The molecule has 0 aliphatic carbocycles. The number of nitrogens with two attached hydrogens (primary N) is 1. The third-order valence-corrected chi connectivity index (χ3v) is 3.48. The predicted molar refractivity (Wildman–Crippen MR) is 72.8 cm³/mol. The molecule has 0 aromatic heterocycles. The summed E-state index contributed by atoms with van der Waals surface area (Å²) < 4.78 is 25.0. The van der Waals surface area contributed by atoms with E-state index in [9.17, 15) is 4.39 Å². The molecule has 1 aromatic rings. The second-order valence-electron chi connectivity index (χ2n) is 5.23. The maximum absolute atomic E-state index is 13.6. The van der Waals surface area contributed by atoms with E-state index in [2.05, 4.69) is 0 Å². The van der Waals surface area contributed by atoms with Gasteiger partial charge in [0, 0.05) is 18.2 Å². The lowest BCUT2D eigenvalue weighted by Gasteiger charge is -2.24. The van der Waals surface area contributed by atoms with Crippen LogP contribution in [0, 0.1) is 12.7 Å². The molecule has 2 rings (SSSR count). The highest BCUT2D eigenvalue weighted by Crippen LogP contribution is 2.28. The first-order valence-electron chi connectivity index (χ1n) is 6.88. The van der Waals surface area contributed by atoms with Crippen molar-refractivity contribution in [3.05, 3.63) is 29.1 Å². The van der Waals surface area contributed by atoms with Gasteiger partial charge in [0.05, 0.1) is 6.10 Å². The molecule has 0 radical (unpaired) electrons. The number of hydrogen-bond acceptors (Lipinski definition) is 3. The van der Waals surface area contributed by atoms with E-state index in [1.807, 2.05) is 6.92 Å². The predicted octanol–water partition coefficient (Wildman–Crippen LogP) is 3.10. The van der Waals surface area contributed by atoms with Gasteiger partial charge in [-0.05, 0) is 50.8 Å². The van der Waals surface area contributed by atoms with Crippen LogP contribution in [-0.4, -0.2) is 19.3 Å². The fourth-order valence-corrected chi connectivity index (χ4v) is 2.27. The van der Waals surface area contributed by atoms with Crippen LogP contribution >= 0.6 is 0 Å². The Balaban J connectivity index is 2.07. The van der Waals surface area contributed by atoms with Gasteiger partial charge in [-0.1, -0.05) is 0 Å². The van der Waals surface area contributed by atoms with Crippen molar-refractivity contribution in [1.29, 1.82) is 0 Å². The molecule has 0 saturated carbocycles. The monoisotopic (exact) mass is 267 g/mol. The lowest BCUT2D eigenvalue weighted by atomic mass is 10.0.